The van der Waals surface area contributed by atoms with Gasteiger partial charge < -0.3 is 9.84 Å². The molecule has 2 heterocycles. The molecule has 0 aliphatic heterocycles. The molecule has 2 aromatic heterocycles. The Balaban J connectivity index is 1.52. The summed E-state index contributed by atoms with van der Waals surface area (Å²) in [7, 11) is 0. The second-order valence-corrected chi connectivity index (χ2v) is 9.48. The SMILES string of the molecule is N#Cc1cccc2nc(C(F)F)n(CCOc3ccc(Cl)cc3-c3cccc4c(C(=O)O)csc34)c(=O)c12. The van der Waals surface area contributed by atoms with Crippen molar-refractivity contribution in [2.75, 3.05) is 6.61 Å². The van der Waals surface area contributed by atoms with Gasteiger partial charge in [0.2, 0.25) is 0 Å². The Kier molecular flexibility index (Phi) is 6.80. The lowest BCUT2D eigenvalue weighted by molar-refractivity contribution is 0.0699. The van der Waals surface area contributed by atoms with E-state index in [9.17, 15) is 28.7 Å². The van der Waals surface area contributed by atoms with Gasteiger partial charge in [-0.25, -0.2) is 18.6 Å². The highest BCUT2D eigenvalue weighted by Gasteiger charge is 2.21. The molecule has 0 fully saturated rings. The largest absolute Gasteiger partial charge is 0.491 e. The van der Waals surface area contributed by atoms with Crippen LogP contribution >= 0.6 is 22.9 Å². The van der Waals surface area contributed by atoms with Gasteiger partial charge in [-0.3, -0.25) is 9.36 Å². The van der Waals surface area contributed by atoms with Crippen molar-refractivity contribution < 1.29 is 23.4 Å². The van der Waals surface area contributed by atoms with Crippen molar-refractivity contribution in [2.24, 2.45) is 0 Å². The number of ether oxygens (including phenoxy) is 1. The first-order valence-corrected chi connectivity index (χ1v) is 12.4. The Morgan fingerprint density at radius 2 is 1.97 bits per heavy atom. The van der Waals surface area contributed by atoms with Gasteiger partial charge in [-0.15, -0.1) is 11.3 Å². The van der Waals surface area contributed by atoms with Crippen LogP contribution in [-0.4, -0.2) is 27.2 Å². The number of alkyl halides is 2. The van der Waals surface area contributed by atoms with Crippen LogP contribution in [0.1, 0.15) is 28.2 Å². The number of hydrogen-bond acceptors (Lipinski definition) is 6. The summed E-state index contributed by atoms with van der Waals surface area (Å²) in [6, 6.07) is 16.3. The predicted molar refractivity (Wildman–Crippen MR) is 140 cm³/mol. The summed E-state index contributed by atoms with van der Waals surface area (Å²) in [5.74, 6) is -1.40. The van der Waals surface area contributed by atoms with Crippen LogP contribution in [-0.2, 0) is 6.54 Å². The number of carboxylic acids is 1. The van der Waals surface area contributed by atoms with E-state index in [1.807, 2.05) is 6.07 Å². The Hall–Kier alpha value is -4.33. The summed E-state index contributed by atoms with van der Waals surface area (Å²) < 4.78 is 35.1. The molecule has 0 atom stereocenters. The van der Waals surface area contributed by atoms with Crippen LogP contribution in [0.15, 0.2) is 64.8 Å². The van der Waals surface area contributed by atoms with Crippen molar-refractivity contribution in [1.29, 1.82) is 5.26 Å². The summed E-state index contributed by atoms with van der Waals surface area (Å²) in [6.07, 6.45) is -3.02. The van der Waals surface area contributed by atoms with E-state index < -0.39 is 23.8 Å². The maximum Gasteiger partial charge on any atom is 0.337 e. The monoisotopic (exact) mass is 551 g/mol. The van der Waals surface area contributed by atoms with Gasteiger partial charge in [-0.05, 0) is 30.3 Å². The van der Waals surface area contributed by atoms with Gasteiger partial charge in [0.1, 0.15) is 18.4 Å². The minimum absolute atomic E-state index is 0.0197. The summed E-state index contributed by atoms with van der Waals surface area (Å²) in [4.78, 5) is 28.7. The molecule has 11 heteroatoms. The minimum atomic E-state index is -3.02. The number of halogens is 3. The van der Waals surface area contributed by atoms with Gasteiger partial charge in [0, 0.05) is 31.6 Å². The number of aromatic nitrogens is 2. The first kappa shape index (κ1) is 25.3. The lowest BCUT2D eigenvalue weighted by Gasteiger charge is -2.16. The van der Waals surface area contributed by atoms with Gasteiger partial charge in [0.25, 0.3) is 12.0 Å². The summed E-state index contributed by atoms with van der Waals surface area (Å²) in [6.45, 7) is -0.424. The first-order chi connectivity index (χ1) is 18.3. The highest BCUT2D eigenvalue weighted by molar-refractivity contribution is 7.18. The van der Waals surface area contributed by atoms with Gasteiger partial charge >= 0.3 is 5.97 Å². The topological polar surface area (TPSA) is 105 Å². The number of carbonyl (C=O) groups is 1. The maximum atomic E-state index is 13.8. The Labute approximate surface area is 222 Å². The third-order valence-electron chi connectivity index (χ3n) is 5.96. The minimum Gasteiger partial charge on any atom is -0.491 e. The number of hydrogen-bond donors (Lipinski definition) is 1. The second-order valence-electron chi connectivity index (χ2n) is 8.16. The van der Waals surface area contributed by atoms with Crippen LogP contribution in [0, 0.1) is 11.3 Å². The van der Waals surface area contributed by atoms with Crippen molar-refractivity contribution in [1.82, 2.24) is 9.55 Å². The van der Waals surface area contributed by atoms with Crippen molar-refractivity contribution in [2.45, 2.75) is 13.0 Å². The van der Waals surface area contributed by atoms with Crippen LogP contribution < -0.4 is 10.3 Å². The molecule has 0 saturated carbocycles. The van der Waals surface area contributed by atoms with Gasteiger partial charge in [-0.2, -0.15) is 5.26 Å². The molecular weight excluding hydrogens is 536 g/mol. The molecular formula is C27H16ClF2N3O4S. The average Bonchev–Trinajstić information content (AvgIpc) is 3.35. The van der Waals surface area contributed by atoms with Crippen LogP contribution in [0.4, 0.5) is 8.78 Å². The van der Waals surface area contributed by atoms with E-state index in [2.05, 4.69) is 4.98 Å². The predicted octanol–water partition coefficient (Wildman–Crippen LogP) is 6.52. The number of fused-ring (bicyclic) bond motifs is 2. The molecule has 0 aliphatic carbocycles. The fourth-order valence-electron chi connectivity index (χ4n) is 4.28. The van der Waals surface area contributed by atoms with E-state index in [1.165, 1.54) is 29.5 Å². The quantitative estimate of drug-likeness (QED) is 0.247. The molecule has 5 rings (SSSR count). The molecule has 0 spiro atoms. The molecule has 3 aromatic carbocycles. The van der Waals surface area contributed by atoms with E-state index in [1.54, 1.807) is 41.8 Å². The molecule has 1 N–H and O–H groups in total. The molecule has 0 unspecified atom stereocenters. The zero-order valence-corrected chi connectivity index (χ0v) is 20.9. The molecule has 0 amide bonds. The lowest BCUT2D eigenvalue weighted by Crippen LogP contribution is -2.28. The zero-order valence-electron chi connectivity index (χ0n) is 19.3. The third kappa shape index (κ3) is 4.47. The number of thiophene rings is 1. The van der Waals surface area contributed by atoms with E-state index in [-0.39, 0.29) is 35.2 Å². The zero-order chi connectivity index (χ0) is 27.0. The normalized spacial score (nSPS) is 11.2. The number of nitriles is 1. The van der Waals surface area contributed by atoms with Crippen molar-refractivity contribution in [3.8, 4) is 22.9 Å². The van der Waals surface area contributed by atoms with Crippen molar-refractivity contribution in [3.05, 3.63) is 92.3 Å². The number of aromatic carboxylic acids is 1. The van der Waals surface area contributed by atoms with Crippen LogP contribution in [0.2, 0.25) is 5.02 Å². The summed E-state index contributed by atoms with van der Waals surface area (Å²) in [5, 5.41) is 21.4. The van der Waals surface area contributed by atoms with Crippen LogP contribution in [0.5, 0.6) is 5.75 Å². The second kappa shape index (κ2) is 10.2. The van der Waals surface area contributed by atoms with E-state index >= 15 is 0 Å². The first-order valence-electron chi connectivity index (χ1n) is 11.2. The van der Waals surface area contributed by atoms with Gasteiger partial charge in [-0.1, -0.05) is 35.9 Å². The standard InChI is InChI=1S/C27H16ClF2N3O4S/c28-15-7-8-21(18(11-15)16-4-2-5-17-19(27(35)36)13-38-23(16)17)37-10-9-33-25(24(29)30)32-20-6-1-3-14(12-31)22(20)26(33)34/h1-8,11,13,24H,9-10H2,(H,35,36). The lowest BCUT2D eigenvalue weighted by atomic mass is 10.0. The van der Waals surface area contributed by atoms with E-state index in [0.29, 0.717) is 27.3 Å². The molecule has 0 radical (unpaired) electrons. The van der Waals surface area contributed by atoms with Crippen molar-refractivity contribution in [3.63, 3.8) is 0 Å². The average molecular weight is 552 g/mol. The number of rotatable bonds is 7. The molecule has 190 valence electrons. The molecule has 38 heavy (non-hydrogen) atoms. The third-order valence-corrected chi connectivity index (χ3v) is 7.23. The number of benzene rings is 3. The van der Waals surface area contributed by atoms with E-state index in [0.717, 1.165) is 9.27 Å². The van der Waals surface area contributed by atoms with E-state index in [4.69, 9.17) is 16.3 Å². The smallest absolute Gasteiger partial charge is 0.337 e. The van der Waals surface area contributed by atoms with Crippen LogP contribution in [0.25, 0.3) is 32.1 Å². The fraction of sp³-hybridized carbons (Fsp3) is 0.111. The Morgan fingerprint density at radius 1 is 1.18 bits per heavy atom. The molecule has 5 aromatic rings. The van der Waals surface area contributed by atoms with Crippen LogP contribution in [0.3, 0.4) is 0 Å². The molecule has 0 saturated heterocycles. The van der Waals surface area contributed by atoms with Gasteiger partial charge in [0.05, 0.1) is 28.6 Å². The summed E-state index contributed by atoms with van der Waals surface area (Å²) >= 11 is 7.52. The number of carboxylic acid groups (broad SMARTS) is 1. The molecule has 7 nitrogen and oxygen atoms in total. The molecule has 0 aliphatic rings. The Morgan fingerprint density at radius 3 is 2.71 bits per heavy atom. The fourth-order valence-corrected chi connectivity index (χ4v) is 5.52. The maximum absolute atomic E-state index is 13.8. The number of nitrogens with zero attached hydrogens (tertiary/aromatic N) is 3. The Bertz CT molecular complexity index is 1830. The molecule has 0 bridgehead atoms. The van der Waals surface area contributed by atoms with Crippen molar-refractivity contribution >= 4 is 49.9 Å². The highest BCUT2D eigenvalue weighted by atomic mass is 35.5. The van der Waals surface area contributed by atoms with Gasteiger partial charge in [0.15, 0.2) is 5.82 Å². The highest BCUT2D eigenvalue weighted by Crippen LogP contribution is 2.40. The summed E-state index contributed by atoms with van der Waals surface area (Å²) in [5.41, 5.74) is 0.745.